The first-order valence-electron chi connectivity index (χ1n) is 10.3. The number of rotatable bonds is 11. The van der Waals surface area contributed by atoms with E-state index in [0.717, 1.165) is 62.9 Å². The number of nitrogens with zero attached hydrogens (tertiary/aromatic N) is 1. The third kappa shape index (κ3) is 6.51. The zero-order chi connectivity index (χ0) is 19.7. The molecule has 0 bridgehead atoms. The molecule has 1 aromatic carbocycles. The van der Waals surface area contributed by atoms with E-state index >= 15 is 0 Å². The largest absolute Gasteiger partial charge is 0.494 e. The van der Waals surface area contributed by atoms with E-state index in [4.69, 9.17) is 9.84 Å². The Morgan fingerprint density at radius 3 is 2.89 bits per heavy atom. The van der Waals surface area contributed by atoms with Crippen LogP contribution in [0.1, 0.15) is 63.9 Å². The number of ether oxygens (including phenoxy) is 1. The number of aliphatic carboxylic acids is 1. The SMILES string of the molecule is CCCCOc1cccc(C2(O)CCCCC2CN(C)CCCC(=O)O)c1. The van der Waals surface area contributed by atoms with Gasteiger partial charge in [0.05, 0.1) is 12.2 Å². The second kappa shape index (κ2) is 10.7. The minimum absolute atomic E-state index is 0.145. The second-order valence-electron chi connectivity index (χ2n) is 7.86. The highest BCUT2D eigenvalue weighted by Gasteiger charge is 2.40. The molecule has 1 aliphatic rings. The maximum atomic E-state index is 11.6. The Morgan fingerprint density at radius 1 is 1.33 bits per heavy atom. The molecule has 152 valence electrons. The monoisotopic (exact) mass is 377 g/mol. The van der Waals surface area contributed by atoms with Crippen molar-refractivity contribution in [3.8, 4) is 5.75 Å². The molecule has 2 unspecified atom stereocenters. The highest BCUT2D eigenvalue weighted by molar-refractivity contribution is 5.66. The molecule has 5 heteroatoms. The molecule has 0 radical (unpaired) electrons. The van der Waals surface area contributed by atoms with Crippen LogP contribution >= 0.6 is 0 Å². The smallest absolute Gasteiger partial charge is 0.303 e. The normalized spacial score (nSPS) is 22.7. The zero-order valence-electron chi connectivity index (χ0n) is 16.8. The molecule has 0 amide bonds. The predicted octanol–water partition coefficient (Wildman–Crippen LogP) is 4.04. The third-order valence-corrected chi connectivity index (χ3v) is 5.60. The van der Waals surface area contributed by atoms with Gasteiger partial charge in [0, 0.05) is 18.9 Å². The summed E-state index contributed by atoms with van der Waals surface area (Å²) in [5, 5.41) is 20.4. The fourth-order valence-electron chi connectivity index (χ4n) is 4.01. The third-order valence-electron chi connectivity index (χ3n) is 5.60. The number of aliphatic hydroxyl groups is 1. The summed E-state index contributed by atoms with van der Waals surface area (Å²) in [6.45, 7) is 4.35. The Morgan fingerprint density at radius 2 is 2.15 bits per heavy atom. The van der Waals surface area contributed by atoms with Gasteiger partial charge in [0.2, 0.25) is 0 Å². The molecule has 2 atom stereocenters. The van der Waals surface area contributed by atoms with Crippen LogP contribution in [-0.4, -0.2) is 47.8 Å². The van der Waals surface area contributed by atoms with Gasteiger partial charge in [0.25, 0.3) is 0 Å². The number of carboxylic acids is 1. The van der Waals surface area contributed by atoms with Gasteiger partial charge in [0.1, 0.15) is 5.75 Å². The average molecular weight is 378 g/mol. The van der Waals surface area contributed by atoms with E-state index in [0.29, 0.717) is 13.0 Å². The van der Waals surface area contributed by atoms with Crippen LogP contribution in [0.4, 0.5) is 0 Å². The van der Waals surface area contributed by atoms with Gasteiger partial charge < -0.3 is 19.8 Å². The Bertz CT molecular complexity index is 591. The van der Waals surface area contributed by atoms with Crippen molar-refractivity contribution in [3.63, 3.8) is 0 Å². The van der Waals surface area contributed by atoms with Crippen molar-refractivity contribution in [3.05, 3.63) is 29.8 Å². The molecule has 0 spiro atoms. The number of hydrogen-bond donors (Lipinski definition) is 2. The minimum atomic E-state index is -0.844. The van der Waals surface area contributed by atoms with E-state index in [-0.39, 0.29) is 12.3 Å². The van der Waals surface area contributed by atoms with Gasteiger partial charge in [-0.2, -0.15) is 0 Å². The van der Waals surface area contributed by atoms with Crippen molar-refractivity contribution in [2.24, 2.45) is 5.92 Å². The van der Waals surface area contributed by atoms with Crippen LogP contribution in [0.2, 0.25) is 0 Å². The summed E-state index contributed by atoms with van der Waals surface area (Å²) in [4.78, 5) is 12.9. The summed E-state index contributed by atoms with van der Waals surface area (Å²) in [5.74, 6) is 0.220. The van der Waals surface area contributed by atoms with Crippen LogP contribution in [0.15, 0.2) is 24.3 Å². The van der Waals surface area contributed by atoms with Crippen LogP contribution in [0, 0.1) is 5.92 Å². The number of hydrogen-bond acceptors (Lipinski definition) is 4. The molecular formula is C22H35NO4. The highest BCUT2D eigenvalue weighted by atomic mass is 16.5. The van der Waals surface area contributed by atoms with Crippen molar-refractivity contribution >= 4 is 5.97 Å². The van der Waals surface area contributed by atoms with Crippen molar-refractivity contribution in [1.82, 2.24) is 4.90 Å². The number of unbranched alkanes of at least 4 members (excludes halogenated alkanes) is 1. The van der Waals surface area contributed by atoms with Crippen LogP contribution in [0.5, 0.6) is 5.75 Å². The Balaban J connectivity index is 2.05. The molecule has 0 aromatic heterocycles. The van der Waals surface area contributed by atoms with Gasteiger partial charge in [-0.25, -0.2) is 0 Å². The molecule has 1 saturated carbocycles. The molecule has 1 fully saturated rings. The molecular weight excluding hydrogens is 342 g/mol. The van der Waals surface area contributed by atoms with Gasteiger partial charge in [0.15, 0.2) is 0 Å². The first-order chi connectivity index (χ1) is 13.0. The number of benzene rings is 1. The average Bonchev–Trinajstić information content (AvgIpc) is 2.64. The quantitative estimate of drug-likeness (QED) is 0.570. The summed E-state index contributed by atoms with van der Waals surface area (Å²) in [6, 6.07) is 7.93. The van der Waals surface area contributed by atoms with Gasteiger partial charge >= 0.3 is 5.97 Å². The van der Waals surface area contributed by atoms with Gasteiger partial charge in [-0.3, -0.25) is 4.79 Å². The second-order valence-corrected chi connectivity index (χ2v) is 7.86. The molecule has 27 heavy (non-hydrogen) atoms. The van der Waals surface area contributed by atoms with E-state index in [2.05, 4.69) is 11.8 Å². The van der Waals surface area contributed by atoms with E-state index in [1.807, 2.05) is 31.3 Å². The fraction of sp³-hybridized carbons (Fsp3) is 0.682. The van der Waals surface area contributed by atoms with E-state index in [1.165, 1.54) is 0 Å². The maximum absolute atomic E-state index is 11.6. The van der Waals surface area contributed by atoms with E-state index in [1.54, 1.807) is 0 Å². The molecule has 5 nitrogen and oxygen atoms in total. The molecule has 1 aliphatic carbocycles. The standard InChI is InChI=1S/C22H35NO4/c1-3-4-15-27-20-11-7-10-18(16-20)22(26)13-6-5-9-19(22)17-23(2)14-8-12-21(24)25/h7,10-11,16,19,26H,3-6,8-9,12-15,17H2,1-2H3,(H,24,25). The van der Waals surface area contributed by atoms with Crippen LogP contribution in [-0.2, 0) is 10.4 Å². The van der Waals surface area contributed by atoms with Crippen molar-refractivity contribution in [2.45, 2.75) is 63.9 Å². The first-order valence-corrected chi connectivity index (χ1v) is 10.3. The fourth-order valence-corrected chi connectivity index (χ4v) is 4.01. The first kappa shape index (κ1) is 21.7. The molecule has 0 heterocycles. The van der Waals surface area contributed by atoms with Gasteiger partial charge in [-0.05, 0) is 57.0 Å². The van der Waals surface area contributed by atoms with Crippen molar-refractivity contribution in [1.29, 1.82) is 0 Å². The molecule has 1 aromatic rings. The van der Waals surface area contributed by atoms with Crippen LogP contribution in [0.25, 0.3) is 0 Å². The van der Waals surface area contributed by atoms with Crippen LogP contribution < -0.4 is 4.74 Å². The number of carbonyl (C=O) groups is 1. The lowest BCUT2D eigenvalue weighted by molar-refractivity contribution is -0.137. The Labute approximate surface area is 163 Å². The summed E-state index contributed by atoms with van der Waals surface area (Å²) in [5.41, 5.74) is 0.101. The molecule has 2 rings (SSSR count). The van der Waals surface area contributed by atoms with Crippen molar-refractivity contribution < 1.29 is 19.7 Å². The number of carboxylic acid groups (broad SMARTS) is 1. The van der Waals surface area contributed by atoms with Crippen molar-refractivity contribution in [2.75, 3.05) is 26.7 Å². The zero-order valence-corrected chi connectivity index (χ0v) is 16.8. The maximum Gasteiger partial charge on any atom is 0.303 e. The van der Waals surface area contributed by atoms with E-state index < -0.39 is 11.6 Å². The summed E-state index contributed by atoms with van der Waals surface area (Å²) in [7, 11) is 2.02. The summed E-state index contributed by atoms with van der Waals surface area (Å²) in [6.07, 6.45) is 6.85. The molecule has 2 N–H and O–H groups in total. The van der Waals surface area contributed by atoms with E-state index in [9.17, 15) is 9.90 Å². The molecule has 0 saturated heterocycles. The highest BCUT2D eigenvalue weighted by Crippen LogP contribution is 2.42. The Hall–Kier alpha value is -1.59. The lowest BCUT2D eigenvalue weighted by atomic mass is 9.71. The lowest BCUT2D eigenvalue weighted by Crippen LogP contribution is -2.44. The molecule has 0 aliphatic heterocycles. The lowest BCUT2D eigenvalue weighted by Gasteiger charge is -2.42. The minimum Gasteiger partial charge on any atom is -0.494 e. The van der Waals surface area contributed by atoms with Crippen LogP contribution in [0.3, 0.4) is 0 Å². The van der Waals surface area contributed by atoms with Gasteiger partial charge in [-0.1, -0.05) is 38.3 Å². The topological polar surface area (TPSA) is 70.0 Å². The Kier molecular flexibility index (Phi) is 8.58. The predicted molar refractivity (Wildman–Crippen MR) is 107 cm³/mol. The summed E-state index contributed by atoms with van der Waals surface area (Å²) >= 11 is 0. The van der Waals surface area contributed by atoms with Gasteiger partial charge in [-0.15, -0.1) is 0 Å². The summed E-state index contributed by atoms with van der Waals surface area (Å²) < 4.78 is 5.84.